The fraction of sp³-hybridized carbons (Fsp3) is 0.312. The maximum Gasteiger partial charge on any atom is 0.242 e. The number of carbonyl (C=O) groups excluding carboxylic acids is 1. The van der Waals surface area contributed by atoms with Crippen molar-refractivity contribution in [1.29, 1.82) is 0 Å². The standard InChI is InChI=1S/C32H36N4O6S/c1-3-10-26(32(38)36-43(39,40)24-13-8-5-9-14-24)35-31(37)29-18-23(20-33-29)42-30-19-27(21-11-6-4-7-12-21)34-28-17-22(41-2)15-16-25(28)30/h4-9,11-17,19,23,26,29,32-33,36,38H,3,10,18,20H2,1-2H3,(H,35,37)/t23-,26+,29+,32?/m1/s1. The van der Waals surface area contributed by atoms with E-state index in [4.69, 9.17) is 14.5 Å². The molecule has 1 fully saturated rings. The average molecular weight is 605 g/mol. The Morgan fingerprint density at radius 2 is 1.79 bits per heavy atom. The lowest BCUT2D eigenvalue weighted by Gasteiger charge is -2.26. The zero-order valence-electron chi connectivity index (χ0n) is 24.1. The molecule has 0 radical (unpaired) electrons. The molecule has 0 bridgehead atoms. The summed E-state index contributed by atoms with van der Waals surface area (Å²) in [5.74, 6) is 0.996. The molecule has 4 aromatic rings. The summed E-state index contributed by atoms with van der Waals surface area (Å²) in [6.07, 6.45) is -0.414. The Balaban J connectivity index is 1.28. The molecule has 0 saturated carbocycles. The molecule has 5 rings (SSSR count). The van der Waals surface area contributed by atoms with E-state index in [0.29, 0.717) is 37.3 Å². The van der Waals surface area contributed by atoms with Crippen LogP contribution in [0.2, 0.25) is 0 Å². The number of fused-ring (bicyclic) bond motifs is 1. The number of aromatic nitrogens is 1. The third-order valence-electron chi connectivity index (χ3n) is 7.39. The topological polar surface area (TPSA) is 139 Å². The van der Waals surface area contributed by atoms with Gasteiger partial charge in [-0.3, -0.25) is 4.79 Å². The van der Waals surface area contributed by atoms with Gasteiger partial charge in [0.2, 0.25) is 15.9 Å². The molecule has 226 valence electrons. The number of rotatable bonds is 12. The molecule has 1 unspecified atom stereocenters. The third kappa shape index (κ3) is 7.31. The molecule has 0 spiro atoms. The van der Waals surface area contributed by atoms with Crippen molar-refractivity contribution < 1.29 is 27.8 Å². The number of ether oxygens (including phenoxy) is 2. The van der Waals surface area contributed by atoms with Gasteiger partial charge >= 0.3 is 0 Å². The number of benzene rings is 3. The zero-order valence-corrected chi connectivity index (χ0v) is 24.9. The van der Waals surface area contributed by atoms with E-state index in [1.54, 1.807) is 25.3 Å². The van der Waals surface area contributed by atoms with Gasteiger partial charge in [-0.05, 0) is 30.7 Å². The van der Waals surface area contributed by atoms with Crippen LogP contribution in [-0.2, 0) is 14.8 Å². The van der Waals surface area contributed by atoms with Gasteiger partial charge in [-0.25, -0.2) is 13.4 Å². The SMILES string of the molecule is CCC[C@H](NC(=O)[C@@H]1C[C@@H](Oc2cc(-c3ccccc3)nc3cc(OC)ccc23)CN1)C(O)NS(=O)(=O)c1ccccc1. The molecule has 1 saturated heterocycles. The van der Waals surface area contributed by atoms with Gasteiger partial charge in [0.05, 0.1) is 35.3 Å². The number of carbonyl (C=O) groups is 1. The Hall–Kier alpha value is -4.03. The van der Waals surface area contributed by atoms with Gasteiger partial charge < -0.3 is 25.2 Å². The van der Waals surface area contributed by atoms with E-state index in [2.05, 4.69) is 15.4 Å². The highest BCUT2D eigenvalue weighted by Gasteiger charge is 2.34. The van der Waals surface area contributed by atoms with Crippen molar-refractivity contribution >= 4 is 26.8 Å². The molecule has 0 aliphatic carbocycles. The molecule has 1 aromatic heterocycles. The normalized spacial score (nSPS) is 18.2. The van der Waals surface area contributed by atoms with Gasteiger partial charge in [0.25, 0.3) is 0 Å². The summed E-state index contributed by atoms with van der Waals surface area (Å²) in [6, 6.07) is 23.7. The maximum atomic E-state index is 13.2. The first-order valence-corrected chi connectivity index (χ1v) is 15.8. The molecular formula is C32H36N4O6S. The Morgan fingerprint density at radius 1 is 1.07 bits per heavy atom. The van der Waals surface area contributed by atoms with Crippen LogP contribution in [0.5, 0.6) is 11.5 Å². The summed E-state index contributed by atoms with van der Waals surface area (Å²) >= 11 is 0. The number of hydrogen-bond acceptors (Lipinski definition) is 8. The summed E-state index contributed by atoms with van der Waals surface area (Å²) in [7, 11) is -2.36. The highest BCUT2D eigenvalue weighted by Crippen LogP contribution is 2.33. The number of aliphatic hydroxyl groups excluding tert-OH is 1. The summed E-state index contributed by atoms with van der Waals surface area (Å²) in [5, 5.41) is 17.6. The lowest BCUT2D eigenvalue weighted by atomic mass is 10.1. The van der Waals surface area contributed by atoms with E-state index in [1.807, 2.05) is 61.5 Å². The van der Waals surface area contributed by atoms with Crippen LogP contribution < -0.4 is 24.8 Å². The zero-order chi connectivity index (χ0) is 30.4. The van der Waals surface area contributed by atoms with Crippen LogP contribution in [0.1, 0.15) is 26.2 Å². The monoisotopic (exact) mass is 604 g/mol. The van der Waals surface area contributed by atoms with Crippen LogP contribution in [-0.4, -0.2) is 62.5 Å². The first-order chi connectivity index (χ1) is 20.8. The number of methoxy groups -OCH3 is 1. The summed E-state index contributed by atoms with van der Waals surface area (Å²) in [4.78, 5) is 18.1. The van der Waals surface area contributed by atoms with E-state index in [-0.39, 0.29) is 16.9 Å². The van der Waals surface area contributed by atoms with Crippen molar-refractivity contribution in [3.05, 3.63) is 84.9 Å². The number of pyridine rings is 1. The van der Waals surface area contributed by atoms with Crippen LogP contribution in [0, 0.1) is 0 Å². The van der Waals surface area contributed by atoms with E-state index in [0.717, 1.165) is 22.2 Å². The van der Waals surface area contributed by atoms with Gasteiger partial charge in [-0.15, -0.1) is 0 Å². The molecule has 1 aliphatic heterocycles. The fourth-order valence-electron chi connectivity index (χ4n) is 5.14. The van der Waals surface area contributed by atoms with Crippen molar-refractivity contribution in [3.63, 3.8) is 0 Å². The first-order valence-electron chi connectivity index (χ1n) is 14.3. The molecule has 3 aromatic carbocycles. The fourth-order valence-corrected chi connectivity index (χ4v) is 6.28. The molecule has 1 aliphatic rings. The van der Waals surface area contributed by atoms with Crippen LogP contribution >= 0.6 is 0 Å². The highest BCUT2D eigenvalue weighted by molar-refractivity contribution is 7.89. The number of nitrogens with zero attached hydrogens (tertiary/aromatic N) is 1. The lowest BCUT2D eigenvalue weighted by molar-refractivity contribution is -0.124. The van der Waals surface area contributed by atoms with E-state index >= 15 is 0 Å². The van der Waals surface area contributed by atoms with Gasteiger partial charge in [0.1, 0.15) is 23.8 Å². The van der Waals surface area contributed by atoms with E-state index < -0.39 is 28.3 Å². The minimum Gasteiger partial charge on any atom is -0.497 e. The summed E-state index contributed by atoms with van der Waals surface area (Å²) in [6.45, 7) is 2.33. The largest absolute Gasteiger partial charge is 0.497 e. The lowest BCUT2D eigenvalue weighted by Crippen LogP contribution is -2.54. The van der Waals surface area contributed by atoms with Gasteiger partial charge in [-0.1, -0.05) is 61.9 Å². The quantitative estimate of drug-likeness (QED) is 0.180. The molecule has 11 heteroatoms. The number of nitrogens with one attached hydrogen (secondary N) is 3. The highest BCUT2D eigenvalue weighted by atomic mass is 32.2. The smallest absolute Gasteiger partial charge is 0.242 e. The van der Waals surface area contributed by atoms with Crippen molar-refractivity contribution in [3.8, 4) is 22.8 Å². The second kappa shape index (κ2) is 13.5. The molecular weight excluding hydrogens is 568 g/mol. The number of hydrogen-bond donors (Lipinski definition) is 4. The maximum absolute atomic E-state index is 13.2. The Labute approximate surface area is 251 Å². The third-order valence-corrected chi connectivity index (χ3v) is 8.83. The van der Waals surface area contributed by atoms with Crippen LogP contribution in [0.3, 0.4) is 0 Å². The summed E-state index contributed by atoms with van der Waals surface area (Å²) < 4.78 is 39.6. The number of amides is 1. The predicted octanol–water partition coefficient (Wildman–Crippen LogP) is 3.60. The van der Waals surface area contributed by atoms with Crippen molar-refractivity contribution in [1.82, 2.24) is 20.3 Å². The molecule has 4 atom stereocenters. The Morgan fingerprint density at radius 3 is 2.49 bits per heavy atom. The van der Waals surface area contributed by atoms with Gasteiger partial charge in [0.15, 0.2) is 0 Å². The van der Waals surface area contributed by atoms with Crippen LogP contribution in [0.15, 0.2) is 89.8 Å². The Bertz CT molecular complexity index is 1650. The van der Waals surface area contributed by atoms with Crippen LogP contribution in [0.4, 0.5) is 0 Å². The number of sulfonamides is 1. The molecule has 1 amide bonds. The molecule has 2 heterocycles. The van der Waals surface area contributed by atoms with Crippen molar-refractivity contribution in [2.24, 2.45) is 0 Å². The van der Waals surface area contributed by atoms with Gasteiger partial charge in [0, 0.05) is 36.0 Å². The first kappa shape index (κ1) is 30.4. The van der Waals surface area contributed by atoms with Crippen molar-refractivity contribution in [2.45, 2.75) is 55.5 Å². The second-order valence-corrected chi connectivity index (χ2v) is 12.2. The molecule has 4 N–H and O–H groups in total. The summed E-state index contributed by atoms with van der Waals surface area (Å²) in [5.41, 5.74) is 2.43. The molecule has 43 heavy (non-hydrogen) atoms. The average Bonchev–Trinajstić information content (AvgIpc) is 3.49. The number of aliphatic hydroxyl groups is 1. The van der Waals surface area contributed by atoms with E-state index in [9.17, 15) is 18.3 Å². The minimum atomic E-state index is -3.97. The Kier molecular flexibility index (Phi) is 9.56. The van der Waals surface area contributed by atoms with E-state index in [1.165, 1.54) is 12.1 Å². The molecule has 10 nitrogen and oxygen atoms in total. The van der Waals surface area contributed by atoms with Gasteiger partial charge in [-0.2, -0.15) is 4.72 Å². The van der Waals surface area contributed by atoms with Crippen LogP contribution in [0.25, 0.3) is 22.2 Å². The second-order valence-electron chi connectivity index (χ2n) is 10.5. The van der Waals surface area contributed by atoms with Crippen molar-refractivity contribution in [2.75, 3.05) is 13.7 Å². The predicted molar refractivity (Wildman–Crippen MR) is 164 cm³/mol. The minimum absolute atomic E-state index is 0.0329.